The second-order valence-electron chi connectivity index (χ2n) is 6.99. The highest BCUT2D eigenvalue weighted by molar-refractivity contribution is 5.93. The zero-order valence-electron chi connectivity index (χ0n) is 14.9. The summed E-state index contributed by atoms with van der Waals surface area (Å²) in [5.74, 6) is 3.12. The number of benzene rings is 1. The van der Waals surface area contributed by atoms with E-state index >= 15 is 0 Å². The highest BCUT2D eigenvalue weighted by atomic mass is 16.5. The maximum absolute atomic E-state index is 12.8. The molecule has 1 fully saturated rings. The quantitative estimate of drug-likeness (QED) is 0.877. The molecule has 1 saturated carbocycles. The van der Waals surface area contributed by atoms with Crippen molar-refractivity contribution < 1.29 is 14.3 Å². The average Bonchev–Trinajstić information content (AvgIpc) is 2.54. The van der Waals surface area contributed by atoms with E-state index in [9.17, 15) is 4.79 Å². The molecule has 0 heterocycles. The lowest BCUT2D eigenvalue weighted by Crippen LogP contribution is -2.36. The Morgan fingerprint density at radius 1 is 1.17 bits per heavy atom. The number of carbonyl (C=O) groups is 1. The van der Waals surface area contributed by atoms with Crippen molar-refractivity contribution in [3.63, 3.8) is 0 Å². The number of anilines is 1. The molecule has 4 heteroatoms. The fraction of sp³-hybridized carbons (Fsp3) is 0.632. The van der Waals surface area contributed by atoms with Crippen LogP contribution in [0.1, 0.15) is 40.0 Å². The smallest absolute Gasteiger partial charge is 0.227 e. The summed E-state index contributed by atoms with van der Waals surface area (Å²) >= 11 is 0. The molecule has 128 valence electrons. The van der Waals surface area contributed by atoms with Crippen LogP contribution in [0.3, 0.4) is 0 Å². The molecule has 0 radical (unpaired) electrons. The van der Waals surface area contributed by atoms with Crippen molar-refractivity contribution in [3.8, 4) is 11.5 Å². The first-order chi connectivity index (χ1) is 11.0. The molecule has 0 aromatic heterocycles. The zero-order valence-corrected chi connectivity index (χ0v) is 14.9. The Balaban J connectivity index is 2.13. The van der Waals surface area contributed by atoms with Crippen LogP contribution < -0.4 is 14.8 Å². The van der Waals surface area contributed by atoms with E-state index < -0.39 is 0 Å². The minimum Gasteiger partial charge on any atom is -0.493 e. The topological polar surface area (TPSA) is 47.6 Å². The van der Waals surface area contributed by atoms with Gasteiger partial charge in [-0.05, 0) is 42.7 Å². The summed E-state index contributed by atoms with van der Waals surface area (Å²) in [5, 5.41) is 3.07. The third kappa shape index (κ3) is 4.18. The molecule has 1 aliphatic carbocycles. The molecule has 1 amide bonds. The lowest BCUT2D eigenvalue weighted by Gasteiger charge is -2.36. The van der Waals surface area contributed by atoms with Crippen LogP contribution in [0.15, 0.2) is 18.2 Å². The standard InChI is InChI=1S/C19H29NO3/c1-12(2)15-8-6-13(3)10-16(15)19(21)20-14-7-9-17(22-4)18(11-14)23-5/h7,9,11-13,15-16H,6,8,10H2,1-5H3,(H,20,21). The molecule has 3 unspecified atom stereocenters. The van der Waals surface area contributed by atoms with Crippen LogP contribution in [0.5, 0.6) is 11.5 Å². The van der Waals surface area contributed by atoms with E-state index in [0.29, 0.717) is 29.3 Å². The normalized spacial score (nSPS) is 24.3. The van der Waals surface area contributed by atoms with Gasteiger partial charge in [-0.1, -0.05) is 27.2 Å². The van der Waals surface area contributed by atoms with Crippen LogP contribution in [0.2, 0.25) is 0 Å². The molecule has 1 N–H and O–H groups in total. The Labute approximate surface area is 139 Å². The van der Waals surface area contributed by atoms with Crippen molar-refractivity contribution in [1.29, 1.82) is 0 Å². The van der Waals surface area contributed by atoms with Crippen molar-refractivity contribution in [2.75, 3.05) is 19.5 Å². The van der Waals surface area contributed by atoms with Crippen LogP contribution in [0.25, 0.3) is 0 Å². The number of carbonyl (C=O) groups excluding carboxylic acids is 1. The van der Waals surface area contributed by atoms with E-state index in [2.05, 4.69) is 26.1 Å². The Hall–Kier alpha value is -1.71. The summed E-state index contributed by atoms with van der Waals surface area (Å²) in [4.78, 5) is 12.8. The summed E-state index contributed by atoms with van der Waals surface area (Å²) in [6.45, 7) is 6.68. The molecule has 0 spiro atoms. The van der Waals surface area contributed by atoms with Crippen molar-refractivity contribution >= 4 is 11.6 Å². The minimum absolute atomic E-state index is 0.0897. The highest BCUT2D eigenvalue weighted by Crippen LogP contribution is 2.39. The van der Waals surface area contributed by atoms with E-state index in [1.165, 1.54) is 6.42 Å². The van der Waals surface area contributed by atoms with Gasteiger partial charge in [0.05, 0.1) is 14.2 Å². The van der Waals surface area contributed by atoms with Gasteiger partial charge in [0.15, 0.2) is 11.5 Å². The third-order valence-corrected chi connectivity index (χ3v) is 5.01. The monoisotopic (exact) mass is 319 g/mol. The average molecular weight is 319 g/mol. The summed E-state index contributed by atoms with van der Waals surface area (Å²) < 4.78 is 10.5. The predicted octanol–water partition coefficient (Wildman–Crippen LogP) is 4.35. The van der Waals surface area contributed by atoms with Gasteiger partial charge in [-0.15, -0.1) is 0 Å². The summed E-state index contributed by atoms with van der Waals surface area (Å²) in [6.07, 6.45) is 3.34. The van der Waals surface area contributed by atoms with E-state index in [4.69, 9.17) is 9.47 Å². The maximum Gasteiger partial charge on any atom is 0.227 e. The number of methoxy groups -OCH3 is 2. The van der Waals surface area contributed by atoms with Gasteiger partial charge >= 0.3 is 0 Å². The fourth-order valence-electron chi connectivity index (χ4n) is 3.65. The van der Waals surface area contributed by atoms with Crippen LogP contribution in [0.4, 0.5) is 5.69 Å². The van der Waals surface area contributed by atoms with Gasteiger partial charge in [0.1, 0.15) is 0 Å². The summed E-state index contributed by atoms with van der Waals surface area (Å²) in [6, 6.07) is 5.49. The van der Waals surface area contributed by atoms with Crippen LogP contribution in [-0.4, -0.2) is 20.1 Å². The first kappa shape index (κ1) is 17.6. The molecule has 4 nitrogen and oxygen atoms in total. The zero-order chi connectivity index (χ0) is 17.0. The molecular weight excluding hydrogens is 290 g/mol. The maximum atomic E-state index is 12.8. The van der Waals surface area contributed by atoms with Gasteiger partial charge in [0.25, 0.3) is 0 Å². The van der Waals surface area contributed by atoms with Crippen molar-refractivity contribution in [3.05, 3.63) is 18.2 Å². The molecule has 0 aliphatic heterocycles. The molecule has 3 atom stereocenters. The lowest BCUT2D eigenvalue weighted by molar-refractivity contribution is -0.123. The first-order valence-corrected chi connectivity index (χ1v) is 8.49. The van der Waals surface area contributed by atoms with Crippen molar-refractivity contribution in [1.82, 2.24) is 0 Å². The third-order valence-electron chi connectivity index (χ3n) is 5.01. The first-order valence-electron chi connectivity index (χ1n) is 8.49. The second-order valence-corrected chi connectivity index (χ2v) is 6.99. The Bertz CT molecular complexity index is 541. The Morgan fingerprint density at radius 3 is 2.48 bits per heavy atom. The van der Waals surface area contributed by atoms with Gasteiger partial charge in [-0.2, -0.15) is 0 Å². The van der Waals surface area contributed by atoms with Gasteiger partial charge in [0.2, 0.25) is 5.91 Å². The largest absolute Gasteiger partial charge is 0.493 e. The number of hydrogen-bond acceptors (Lipinski definition) is 3. The summed E-state index contributed by atoms with van der Waals surface area (Å²) in [7, 11) is 3.20. The molecule has 0 bridgehead atoms. The SMILES string of the molecule is COc1ccc(NC(=O)C2CC(C)CCC2C(C)C)cc1OC. The minimum atomic E-state index is 0.0897. The van der Waals surface area contributed by atoms with Crippen LogP contribution >= 0.6 is 0 Å². The Morgan fingerprint density at radius 2 is 1.87 bits per heavy atom. The van der Waals surface area contributed by atoms with Crippen molar-refractivity contribution in [2.45, 2.75) is 40.0 Å². The predicted molar refractivity (Wildman–Crippen MR) is 93.0 cm³/mol. The molecule has 2 rings (SSSR count). The number of rotatable bonds is 5. The van der Waals surface area contributed by atoms with Crippen molar-refractivity contribution in [2.24, 2.45) is 23.7 Å². The van der Waals surface area contributed by atoms with E-state index in [-0.39, 0.29) is 11.8 Å². The van der Waals surface area contributed by atoms with E-state index in [1.54, 1.807) is 14.2 Å². The van der Waals surface area contributed by atoms with Gasteiger partial charge in [0, 0.05) is 17.7 Å². The second kappa shape index (κ2) is 7.71. The number of nitrogens with one attached hydrogen (secondary N) is 1. The lowest BCUT2D eigenvalue weighted by atomic mass is 9.70. The molecule has 23 heavy (non-hydrogen) atoms. The highest BCUT2D eigenvalue weighted by Gasteiger charge is 2.35. The van der Waals surface area contributed by atoms with Crippen LogP contribution in [-0.2, 0) is 4.79 Å². The van der Waals surface area contributed by atoms with Gasteiger partial charge < -0.3 is 14.8 Å². The summed E-state index contributed by atoms with van der Waals surface area (Å²) in [5.41, 5.74) is 0.758. The number of hydrogen-bond donors (Lipinski definition) is 1. The molecule has 1 aliphatic rings. The number of amides is 1. The molecule has 1 aromatic carbocycles. The molecular formula is C19H29NO3. The fourth-order valence-corrected chi connectivity index (χ4v) is 3.65. The Kier molecular flexibility index (Phi) is 5.91. The van der Waals surface area contributed by atoms with Gasteiger partial charge in [-0.25, -0.2) is 0 Å². The number of ether oxygens (including phenoxy) is 2. The van der Waals surface area contributed by atoms with E-state index in [1.807, 2.05) is 18.2 Å². The molecule has 0 saturated heterocycles. The molecule has 1 aromatic rings. The van der Waals surface area contributed by atoms with E-state index in [0.717, 1.165) is 18.5 Å². The van der Waals surface area contributed by atoms with Gasteiger partial charge in [-0.3, -0.25) is 4.79 Å². The van der Waals surface area contributed by atoms with Crippen LogP contribution in [0, 0.1) is 23.7 Å².